The van der Waals surface area contributed by atoms with E-state index in [0.717, 1.165) is 33.4 Å². The predicted molar refractivity (Wildman–Crippen MR) is 117 cm³/mol. The number of aromatic nitrogens is 1. The molecular formula is C24H22N2O6. The molecule has 1 aliphatic rings. The number of aryl methyl sites for hydroxylation is 2. The summed E-state index contributed by atoms with van der Waals surface area (Å²) in [6, 6.07) is 12.7. The van der Waals surface area contributed by atoms with Crippen LogP contribution in [0.2, 0.25) is 0 Å². The zero-order valence-corrected chi connectivity index (χ0v) is 17.7. The summed E-state index contributed by atoms with van der Waals surface area (Å²) in [4.78, 5) is 26.0. The predicted octanol–water partition coefficient (Wildman–Crippen LogP) is 4.80. The number of non-ortho nitro benzene ring substituents is 1. The van der Waals surface area contributed by atoms with Gasteiger partial charge in [0.05, 0.1) is 18.0 Å². The number of pyridine rings is 1. The summed E-state index contributed by atoms with van der Waals surface area (Å²) in [5.41, 5.74) is 5.38. The van der Waals surface area contributed by atoms with Gasteiger partial charge in [0.1, 0.15) is 12.4 Å². The first-order chi connectivity index (χ1) is 15.3. The molecule has 1 N–H and O–H groups in total. The minimum atomic E-state index is -0.870. The van der Waals surface area contributed by atoms with Crippen LogP contribution in [0, 0.1) is 24.0 Å². The number of carboxylic acids is 1. The Labute approximate surface area is 184 Å². The number of nitro benzene ring substituents is 1. The van der Waals surface area contributed by atoms with Gasteiger partial charge in [0.25, 0.3) is 5.69 Å². The van der Waals surface area contributed by atoms with Gasteiger partial charge >= 0.3 is 5.97 Å². The minimum absolute atomic E-state index is 0.00313. The number of fused-ring (bicyclic) bond motifs is 1. The molecule has 0 bridgehead atoms. The van der Waals surface area contributed by atoms with Crippen LogP contribution in [-0.4, -0.2) is 27.6 Å². The maximum Gasteiger partial charge on any atom is 0.304 e. The summed E-state index contributed by atoms with van der Waals surface area (Å²) >= 11 is 0. The lowest BCUT2D eigenvalue weighted by Gasteiger charge is -2.12. The average Bonchev–Trinajstić information content (AvgIpc) is 3.13. The zero-order chi connectivity index (χ0) is 22.8. The van der Waals surface area contributed by atoms with Crippen molar-refractivity contribution in [2.24, 2.45) is 0 Å². The fraction of sp³-hybridized carbons (Fsp3) is 0.250. The average molecular weight is 434 g/mol. The molecular weight excluding hydrogens is 412 g/mol. The first kappa shape index (κ1) is 21.3. The number of carboxylic acid groups (broad SMARTS) is 1. The summed E-state index contributed by atoms with van der Waals surface area (Å²) in [6.07, 6.45) is 1.62. The monoisotopic (exact) mass is 434 g/mol. The lowest BCUT2D eigenvalue weighted by Crippen LogP contribution is -2.07. The van der Waals surface area contributed by atoms with Crippen LogP contribution in [0.5, 0.6) is 11.6 Å². The van der Waals surface area contributed by atoms with Crippen molar-refractivity contribution in [3.8, 4) is 22.8 Å². The van der Waals surface area contributed by atoms with Gasteiger partial charge in [-0.2, -0.15) is 0 Å². The molecule has 0 aliphatic carbocycles. The van der Waals surface area contributed by atoms with E-state index in [2.05, 4.69) is 4.98 Å². The largest absolute Gasteiger partial charge is 0.492 e. The van der Waals surface area contributed by atoms with E-state index < -0.39 is 5.97 Å². The lowest BCUT2D eigenvalue weighted by atomic mass is 9.94. The summed E-state index contributed by atoms with van der Waals surface area (Å²) in [7, 11) is 0. The van der Waals surface area contributed by atoms with Crippen LogP contribution < -0.4 is 9.47 Å². The highest BCUT2D eigenvalue weighted by molar-refractivity contribution is 5.73. The number of nitrogens with zero attached hydrogens (tertiary/aromatic N) is 2. The summed E-state index contributed by atoms with van der Waals surface area (Å²) < 4.78 is 11.4. The molecule has 2 aromatic carbocycles. The van der Waals surface area contributed by atoms with E-state index in [9.17, 15) is 14.9 Å². The first-order valence-electron chi connectivity index (χ1n) is 10.1. The summed E-state index contributed by atoms with van der Waals surface area (Å²) in [5.74, 6) is -0.0704. The Morgan fingerprint density at radius 2 is 2.00 bits per heavy atom. The highest BCUT2D eigenvalue weighted by Gasteiger charge is 2.27. The molecule has 0 saturated heterocycles. The van der Waals surface area contributed by atoms with Crippen LogP contribution >= 0.6 is 0 Å². The fourth-order valence-electron chi connectivity index (χ4n) is 4.08. The van der Waals surface area contributed by atoms with Crippen molar-refractivity contribution in [1.29, 1.82) is 0 Å². The Morgan fingerprint density at radius 1 is 1.25 bits per heavy atom. The Bertz CT molecular complexity index is 1180. The van der Waals surface area contributed by atoms with E-state index in [1.54, 1.807) is 24.4 Å². The van der Waals surface area contributed by atoms with E-state index in [-0.39, 0.29) is 29.6 Å². The second-order valence-electron chi connectivity index (χ2n) is 7.87. The van der Waals surface area contributed by atoms with E-state index in [0.29, 0.717) is 18.2 Å². The number of ether oxygens (including phenoxy) is 2. The quantitative estimate of drug-likeness (QED) is 0.420. The van der Waals surface area contributed by atoms with Crippen LogP contribution in [0.3, 0.4) is 0 Å². The number of benzene rings is 2. The van der Waals surface area contributed by atoms with Crippen LogP contribution in [0.25, 0.3) is 11.1 Å². The third-order valence-electron chi connectivity index (χ3n) is 5.50. The smallest absolute Gasteiger partial charge is 0.304 e. The first-order valence-corrected chi connectivity index (χ1v) is 10.1. The zero-order valence-electron chi connectivity index (χ0n) is 17.7. The molecule has 0 radical (unpaired) electrons. The number of hydrogen-bond acceptors (Lipinski definition) is 6. The van der Waals surface area contributed by atoms with Crippen molar-refractivity contribution in [3.05, 3.63) is 81.0 Å². The van der Waals surface area contributed by atoms with Gasteiger partial charge in [-0.05, 0) is 47.7 Å². The highest BCUT2D eigenvalue weighted by Crippen LogP contribution is 2.37. The van der Waals surface area contributed by atoms with Crippen LogP contribution in [-0.2, 0) is 11.4 Å². The summed E-state index contributed by atoms with van der Waals surface area (Å²) in [6.45, 7) is 4.33. The van der Waals surface area contributed by atoms with Gasteiger partial charge in [-0.15, -0.1) is 0 Å². The van der Waals surface area contributed by atoms with Crippen molar-refractivity contribution in [1.82, 2.24) is 4.98 Å². The standard InChI is InChI=1S/C24H22N2O6/c1-14-6-19(26(29)30)7-15(2)24(14)17-5-3-4-16(8-17)12-32-22-10-21-20(11-25-22)18(13-31-21)9-23(27)28/h3-8,10-11,18H,9,12-13H2,1-2H3,(H,27,28)/t18-/m1/s1. The van der Waals surface area contributed by atoms with Crippen molar-refractivity contribution in [2.75, 3.05) is 6.61 Å². The van der Waals surface area contributed by atoms with Gasteiger partial charge in [0.15, 0.2) is 0 Å². The molecule has 8 heteroatoms. The van der Waals surface area contributed by atoms with Crippen LogP contribution in [0.4, 0.5) is 5.69 Å². The molecule has 2 heterocycles. The molecule has 32 heavy (non-hydrogen) atoms. The van der Waals surface area contributed by atoms with Crippen molar-refractivity contribution in [2.45, 2.75) is 32.8 Å². The third-order valence-corrected chi connectivity index (χ3v) is 5.50. The van der Waals surface area contributed by atoms with Crippen LogP contribution in [0.15, 0.2) is 48.7 Å². The highest BCUT2D eigenvalue weighted by atomic mass is 16.6. The van der Waals surface area contributed by atoms with E-state index >= 15 is 0 Å². The molecule has 0 unspecified atom stereocenters. The molecule has 8 nitrogen and oxygen atoms in total. The number of hydrogen-bond donors (Lipinski definition) is 1. The van der Waals surface area contributed by atoms with Crippen molar-refractivity contribution < 1.29 is 24.3 Å². The van der Waals surface area contributed by atoms with E-state index in [1.165, 1.54) is 0 Å². The molecule has 1 atom stereocenters. The third kappa shape index (κ3) is 4.39. The molecule has 3 aromatic rings. The Hall–Kier alpha value is -3.94. The molecule has 0 fully saturated rings. The Balaban J connectivity index is 1.50. The molecule has 4 rings (SSSR count). The van der Waals surface area contributed by atoms with Gasteiger partial charge in [-0.3, -0.25) is 14.9 Å². The maximum absolute atomic E-state index is 11.1. The van der Waals surface area contributed by atoms with Crippen molar-refractivity contribution in [3.63, 3.8) is 0 Å². The van der Waals surface area contributed by atoms with Gasteiger partial charge in [-0.1, -0.05) is 18.2 Å². The molecule has 1 aliphatic heterocycles. The number of carbonyl (C=O) groups is 1. The lowest BCUT2D eigenvalue weighted by molar-refractivity contribution is -0.384. The molecule has 0 saturated carbocycles. The van der Waals surface area contributed by atoms with Gasteiger partial charge in [0.2, 0.25) is 5.88 Å². The SMILES string of the molecule is Cc1cc([N+](=O)[O-])cc(C)c1-c1cccc(COc2cc3c(cn2)[C@H](CC(=O)O)CO3)c1. The van der Waals surface area contributed by atoms with Gasteiger partial charge in [0, 0.05) is 35.9 Å². The summed E-state index contributed by atoms with van der Waals surface area (Å²) in [5, 5.41) is 20.1. The molecule has 0 spiro atoms. The van der Waals surface area contributed by atoms with Crippen molar-refractivity contribution >= 4 is 11.7 Å². The number of rotatable bonds is 7. The number of nitro groups is 1. The molecule has 1 aromatic heterocycles. The second kappa shape index (κ2) is 8.66. The van der Waals surface area contributed by atoms with E-state index in [4.69, 9.17) is 14.6 Å². The van der Waals surface area contributed by atoms with Crippen LogP contribution in [0.1, 0.15) is 34.6 Å². The minimum Gasteiger partial charge on any atom is -0.492 e. The van der Waals surface area contributed by atoms with Gasteiger partial charge in [-0.25, -0.2) is 4.98 Å². The Morgan fingerprint density at radius 3 is 2.69 bits per heavy atom. The Kier molecular flexibility index (Phi) is 5.77. The number of aliphatic carboxylic acids is 1. The second-order valence-corrected chi connectivity index (χ2v) is 7.87. The van der Waals surface area contributed by atoms with E-state index in [1.807, 2.05) is 38.1 Å². The van der Waals surface area contributed by atoms with Gasteiger partial charge < -0.3 is 14.6 Å². The molecule has 0 amide bonds. The normalized spacial score (nSPS) is 14.5. The molecule has 164 valence electrons. The maximum atomic E-state index is 11.1. The fourth-order valence-corrected chi connectivity index (χ4v) is 4.08. The topological polar surface area (TPSA) is 112 Å².